The van der Waals surface area contributed by atoms with Crippen LogP contribution >= 0.6 is 0 Å². The molecule has 1 aromatic carbocycles. The summed E-state index contributed by atoms with van der Waals surface area (Å²) in [4.78, 5) is 19.3. The summed E-state index contributed by atoms with van der Waals surface area (Å²) in [7, 11) is 1.75. The Kier molecular flexibility index (Phi) is 6.10. The van der Waals surface area contributed by atoms with Gasteiger partial charge in [-0.2, -0.15) is 0 Å². The summed E-state index contributed by atoms with van der Waals surface area (Å²) in [6.07, 6.45) is 8.95. The maximum atomic E-state index is 14.2. The van der Waals surface area contributed by atoms with Gasteiger partial charge in [-0.15, -0.1) is 0 Å². The minimum Gasteiger partial charge on any atom is -0.339 e. The summed E-state index contributed by atoms with van der Waals surface area (Å²) < 4.78 is 16.2. The van der Waals surface area contributed by atoms with Gasteiger partial charge >= 0.3 is 0 Å². The number of rotatable bonds is 6. The van der Waals surface area contributed by atoms with Crippen molar-refractivity contribution in [3.05, 3.63) is 59.3 Å². The number of fused-ring (bicyclic) bond motifs is 1. The Bertz CT molecular complexity index is 1100. The first-order valence-electron chi connectivity index (χ1n) is 11.1. The number of nitrogens with zero attached hydrogens (tertiary/aromatic N) is 3. The molecule has 0 spiro atoms. The maximum absolute atomic E-state index is 14.2. The highest BCUT2D eigenvalue weighted by Gasteiger charge is 2.24. The molecule has 1 aliphatic rings. The van der Waals surface area contributed by atoms with Gasteiger partial charge in [-0.05, 0) is 81.4 Å². The number of pyridine rings is 1. The van der Waals surface area contributed by atoms with E-state index in [9.17, 15) is 9.18 Å². The SMILES string of the molecule is CCc1cncc2c1c(C[C@@H]1CCNC1)cn2-c1ccc(F)cc1C(=O)N(C)C(C)C. The standard InChI is InChI=1S/C25H31FN4O/c1-5-18-13-28-14-23-24(18)19(10-17-8-9-27-12-17)15-30(23)22-7-6-20(26)11-21(22)25(31)29(4)16(2)3/h6-7,11,13-17,27H,5,8-10,12H2,1-4H3/t17-/m0/s1. The lowest BCUT2D eigenvalue weighted by molar-refractivity contribution is 0.0754. The Morgan fingerprint density at radius 2 is 2.13 bits per heavy atom. The Hall–Kier alpha value is -2.73. The molecule has 2 aromatic heterocycles. The third kappa shape index (κ3) is 4.09. The van der Waals surface area contributed by atoms with Crippen LogP contribution in [0.3, 0.4) is 0 Å². The van der Waals surface area contributed by atoms with Crippen LogP contribution in [0, 0.1) is 11.7 Å². The first-order valence-corrected chi connectivity index (χ1v) is 11.1. The smallest absolute Gasteiger partial charge is 0.256 e. The van der Waals surface area contributed by atoms with Crippen LogP contribution in [0.25, 0.3) is 16.6 Å². The average Bonchev–Trinajstić information content (AvgIpc) is 3.41. The molecule has 31 heavy (non-hydrogen) atoms. The molecule has 164 valence electrons. The lowest BCUT2D eigenvalue weighted by Gasteiger charge is -2.23. The van der Waals surface area contributed by atoms with Crippen LogP contribution in [0.1, 0.15) is 48.7 Å². The van der Waals surface area contributed by atoms with E-state index in [1.165, 1.54) is 35.1 Å². The molecule has 5 nitrogen and oxygen atoms in total. The number of halogens is 1. The lowest BCUT2D eigenvalue weighted by Crippen LogP contribution is -2.33. The van der Waals surface area contributed by atoms with E-state index in [4.69, 9.17) is 0 Å². The molecule has 1 saturated heterocycles. The number of hydrogen-bond acceptors (Lipinski definition) is 3. The summed E-state index contributed by atoms with van der Waals surface area (Å²) in [6, 6.07) is 4.49. The molecule has 3 heterocycles. The number of carbonyl (C=O) groups is 1. The zero-order valence-electron chi connectivity index (χ0n) is 18.8. The molecule has 0 radical (unpaired) electrons. The first-order chi connectivity index (χ1) is 14.9. The average molecular weight is 423 g/mol. The molecule has 4 rings (SSSR count). The number of amides is 1. The second-order valence-electron chi connectivity index (χ2n) is 8.80. The number of aromatic nitrogens is 2. The van der Waals surface area contributed by atoms with Crippen molar-refractivity contribution in [1.82, 2.24) is 19.8 Å². The number of hydrogen-bond donors (Lipinski definition) is 1. The van der Waals surface area contributed by atoms with Crippen LogP contribution in [-0.4, -0.2) is 46.5 Å². The lowest BCUT2D eigenvalue weighted by atomic mass is 9.96. The van der Waals surface area contributed by atoms with Gasteiger partial charge < -0.3 is 14.8 Å². The fraction of sp³-hybridized carbons (Fsp3) is 0.440. The van der Waals surface area contributed by atoms with Crippen LogP contribution in [0.4, 0.5) is 4.39 Å². The molecule has 1 aliphatic heterocycles. The van der Waals surface area contributed by atoms with Crippen LogP contribution in [0.2, 0.25) is 0 Å². The molecular formula is C25H31FN4O. The third-order valence-electron chi connectivity index (χ3n) is 6.47. The van der Waals surface area contributed by atoms with Crippen molar-refractivity contribution in [2.24, 2.45) is 5.92 Å². The Balaban J connectivity index is 1.90. The molecular weight excluding hydrogens is 391 g/mol. The largest absolute Gasteiger partial charge is 0.339 e. The van der Waals surface area contributed by atoms with Gasteiger partial charge in [-0.25, -0.2) is 4.39 Å². The molecule has 6 heteroatoms. The van der Waals surface area contributed by atoms with E-state index in [0.717, 1.165) is 31.4 Å². The number of benzene rings is 1. The van der Waals surface area contributed by atoms with Gasteiger partial charge in [-0.3, -0.25) is 9.78 Å². The number of carbonyl (C=O) groups excluding carboxylic acids is 1. The van der Waals surface area contributed by atoms with Gasteiger partial charge in [0.15, 0.2) is 0 Å². The summed E-state index contributed by atoms with van der Waals surface area (Å²) in [5, 5.41) is 4.66. The number of nitrogens with one attached hydrogen (secondary N) is 1. The van der Waals surface area contributed by atoms with Crippen molar-refractivity contribution in [2.75, 3.05) is 20.1 Å². The van der Waals surface area contributed by atoms with E-state index in [0.29, 0.717) is 17.2 Å². The van der Waals surface area contributed by atoms with Crippen molar-refractivity contribution in [2.45, 2.75) is 46.1 Å². The van der Waals surface area contributed by atoms with E-state index in [1.807, 2.05) is 30.8 Å². The summed E-state index contributed by atoms with van der Waals surface area (Å²) >= 11 is 0. The summed E-state index contributed by atoms with van der Waals surface area (Å²) in [5.74, 6) is -0.00356. The van der Waals surface area contributed by atoms with Crippen molar-refractivity contribution < 1.29 is 9.18 Å². The molecule has 3 aromatic rings. The van der Waals surface area contributed by atoms with Gasteiger partial charge in [0.1, 0.15) is 5.82 Å². The predicted molar refractivity (Wildman–Crippen MR) is 122 cm³/mol. The van der Waals surface area contributed by atoms with Gasteiger partial charge in [-0.1, -0.05) is 6.92 Å². The van der Waals surface area contributed by atoms with E-state index in [2.05, 4.69) is 23.4 Å². The molecule has 0 bridgehead atoms. The second kappa shape index (κ2) is 8.79. The Morgan fingerprint density at radius 1 is 1.32 bits per heavy atom. The molecule has 1 atom stereocenters. The van der Waals surface area contributed by atoms with Gasteiger partial charge in [0.25, 0.3) is 5.91 Å². The van der Waals surface area contributed by atoms with Crippen LogP contribution < -0.4 is 5.32 Å². The highest BCUT2D eigenvalue weighted by atomic mass is 19.1. The minimum atomic E-state index is -0.412. The van der Waals surface area contributed by atoms with Crippen LogP contribution in [0.5, 0.6) is 0 Å². The topological polar surface area (TPSA) is 50.2 Å². The summed E-state index contributed by atoms with van der Waals surface area (Å²) in [5.41, 5.74) is 4.49. The second-order valence-corrected chi connectivity index (χ2v) is 8.80. The van der Waals surface area contributed by atoms with Gasteiger partial charge in [0.2, 0.25) is 0 Å². The monoisotopic (exact) mass is 422 g/mol. The normalized spacial score (nSPS) is 16.4. The van der Waals surface area contributed by atoms with Gasteiger partial charge in [0.05, 0.1) is 23.0 Å². The quantitative estimate of drug-likeness (QED) is 0.642. The minimum absolute atomic E-state index is 0.0174. The molecule has 0 aliphatic carbocycles. The fourth-order valence-electron chi connectivity index (χ4n) is 4.47. The van der Waals surface area contributed by atoms with Crippen molar-refractivity contribution in [3.8, 4) is 5.69 Å². The predicted octanol–water partition coefficient (Wildman–Crippen LogP) is 4.36. The third-order valence-corrected chi connectivity index (χ3v) is 6.47. The molecule has 0 saturated carbocycles. The molecule has 1 fully saturated rings. The molecule has 1 N–H and O–H groups in total. The van der Waals surface area contributed by atoms with Gasteiger partial charge in [0, 0.05) is 30.9 Å². The van der Waals surface area contributed by atoms with Crippen LogP contribution in [0.15, 0.2) is 36.8 Å². The van der Waals surface area contributed by atoms with E-state index >= 15 is 0 Å². The Labute approximate surface area is 183 Å². The molecule has 1 amide bonds. The maximum Gasteiger partial charge on any atom is 0.256 e. The van der Waals surface area contributed by atoms with Crippen molar-refractivity contribution in [3.63, 3.8) is 0 Å². The van der Waals surface area contributed by atoms with Crippen molar-refractivity contribution >= 4 is 16.8 Å². The zero-order valence-corrected chi connectivity index (χ0v) is 18.8. The molecule has 0 unspecified atom stereocenters. The zero-order chi connectivity index (χ0) is 22.1. The Morgan fingerprint density at radius 3 is 2.81 bits per heavy atom. The highest BCUT2D eigenvalue weighted by Crippen LogP contribution is 2.32. The fourth-order valence-corrected chi connectivity index (χ4v) is 4.47. The first kappa shape index (κ1) is 21.5. The van der Waals surface area contributed by atoms with Crippen molar-refractivity contribution in [1.29, 1.82) is 0 Å². The number of aryl methyl sites for hydroxylation is 1. The highest BCUT2D eigenvalue weighted by molar-refractivity contribution is 5.99. The van der Waals surface area contributed by atoms with E-state index in [-0.39, 0.29) is 11.9 Å². The summed E-state index contributed by atoms with van der Waals surface area (Å²) in [6.45, 7) is 8.13. The van der Waals surface area contributed by atoms with E-state index in [1.54, 1.807) is 18.0 Å². The van der Waals surface area contributed by atoms with E-state index < -0.39 is 5.82 Å². The van der Waals surface area contributed by atoms with Crippen LogP contribution in [-0.2, 0) is 12.8 Å².